The Balaban J connectivity index is 1.85. The van der Waals surface area contributed by atoms with Gasteiger partial charge in [0.15, 0.2) is 0 Å². The second kappa shape index (κ2) is 7.27. The van der Waals surface area contributed by atoms with Crippen molar-refractivity contribution in [3.63, 3.8) is 0 Å². The van der Waals surface area contributed by atoms with Crippen LogP contribution in [0.2, 0.25) is 0 Å². The second-order valence-corrected chi connectivity index (χ2v) is 7.20. The highest BCUT2D eigenvalue weighted by molar-refractivity contribution is 5.84. The van der Waals surface area contributed by atoms with E-state index in [1.807, 2.05) is 25.1 Å². The standard InChI is InChI=1S/C22H23NO4/c1-14-13-22(3,4)23-19-11-10-17(12-18(14)19)27-21(25)20(26-15(2)24)16-8-6-5-7-9-16/h5-13,20,23H,1-4H3/t20-/m1/s1. The molecule has 1 aliphatic rings. The number of hydrogen-bond acceptors (Lipinski definition) is 5. The molecule has 27 heavy (non-hydrogen) atoms. The van der Waals surface area contributed by atoms with Crippen LogP contribution in [0.3, 0.4) is 0 Å². The Hall–Kier alpha value is -3.08. The summed E-state index contributed by atoms with van der Waals surface area (Å²) >= 11 is 0. The van der Waals surface area contributed by atoms with Crippen LogP contribution in [-0.4, -0.2) is 17.5 Å². The van der Waals surface area contributed by atoms with Crippen molar-refractivity contribution < 1.29 is 19.1 Å². The Labute approximate surface area is 159 Å². The predicted octanol–water partition coefficient (Wildman–Crippen LogP) is 4.50. The van der Waals surface area contributed by atoms with E-state index >= 15 is 0 Å². The summed E-state index contributed by atoms with van der Waals surface area (Å²) < 4.78 is 10.7. The lowest BCUT2D eigenvalue weighted by molar-refractivity contribution is -0.161. The van der Waals surface area contributed by atoms with E-state index in [0.29, 0.717) is 11.3 Å². The van der Waals surface area contributed by atoms with Gasteiger partial charge in [-0.1, -0.05) is 36.4 Å². The quantitative estimate of drug-likeness (QED) is 0.638. The van der Waals surface area contributed by atoms with Crippen LogP contribution < -0.4 is 10.1 Å². The average Bonchev–Trinajstić information content (AvgIpc) is 2.60. The number of nitrogens with one attached hydrogen (secondary N) is 1. The lowest BCUT2D eigenvalue weighted by Gasteiger charge is -2.31. The zero-order chi connectivity index (χ0) is 19.6. The molecule has 0 saturated heterocycles. The molecule has 1 aliphatic heterocycles. The molecular formula is C22H23NO4. The summed E-state index contributed by atoms with van der Waals surface area (Å²) in [4.78, 5) is 24.1. The minimum absolute atomic E-state index is 0.136. The van der Waals surface area contributed by atoms with Crippen molar-refractivity contribution in [1.82, 2.24) is 0 Å². The minimum Gasteiger partial charge on any atom is -0.446 e. The van der Waals surface area contributed by atoms with Crippen LogP contribution in [0.15, 0.2) is 54.6 Å². The number of rotatable bonds is 4. The highest BCUT2D eigenvalue weighted by atomic mass is 16.6. The van der Waals surface area contributed by atoms with E-state index in [9.17, 15) is 9.59 Å². The van der Waals surface area contributed by atoms with E-state index in [4.69, 9.17) is 9.47 Å². The molecule has 1 N–H and O–H groups in total. The molecule has 5 nitrogen and oxygen atoms in total. The summed E-state index contributed by atoms with van der Waals surface area (Å²) in [6, 6.07) is 14.3. The molecule has 0 fully saturated rings. The Kier molecular flexibility index (Phi) is 5.04. The molecule has 5 heteroatoms. The lowest BCUT2D eigenvalue weighted by Crippen LogP contribution is -2.31. The Bertz CT molecular complexity index is 900. The third-order valence-corrected chi connectivity index (χ3v) is 4.27. The number of hydrogen-bond donors (Lipinski definition) is 1. The summed E-state index contributed by atoms with van der Waals surface area (Å²) in [5, 5.41) is 3.44. The van der Waals surface area contributed by atoms with Gasteiger partial charge in [-0.2, -0.15) is 0 Å². The van der Waals surface area contributed by atoms with Crippen LogP contribution in [0.4, 0.5) is 5.69 Å². The van der Waals surface area contributed by atoms with Crippen LogP contribution in [-0.2, 0) is 14.3 Å². The first kappa shape index (κ1) is 18.7. The van der Waals surface area contributed by atoms with Gasteiger partial charge in [-0.15, -0.1) is 0 Å². The molecule has 0 bridgehead atoms. The number of benzene rings is 2. The highest BCUT2D eigenvalue weighted by Gasteiger charge is 2.27. The van der Waals surface area contributed by atoms with Crippen molar-refractivity contribution in [2.24, 2.45) is 0 Å². The maximum Gasteiger partial charge on any atom is 0.357 e. The molecule has 3 rings (SSSR count). The fourth-order valence-corrected chi connectivity index (χ4v) is 3.24. The Morgan fingerprint density at radius 3 is 2.44 bits per heavy atom. The molecule has 0 radical (unpaired) electrons. The van der Waals surface area contributed by atoms with Crippen molar-refractivity contribution in [1.29, 1.82) is 0 Å². The minimum atomic E-state index is -1.10. The molecule has 2 aromatic rings. The van der Waals surface area contributed by atoms with Crippen molar-refractivity contribution in [3.05, 3.63) is 65.7 Å². The monoisotopic (exact) mass is 365 g/mol. The van der Waals surface area contributed by atoms with E-state index in [0.717, 1.165) is 16.8 Å². The van der Waals surface area contributed by atoms with Crippen LogP contribution in [0.1, 0.15) is 44.9 Å². The van der Waals surface area contributed by atoms with E-state index in [1.165, 1.54) is 6.92 Å². The molecule has 0 aliphatic carbocycles. The lowest BCUT2D eigenvalue weighted by atomic mass is 9.91. The van der Waals surface area contributed by atoms with Gasteiger partial charge >= 0.3 is 11.9 Å². The van der Waals surface area contributed by atoms with Gasteiger partial charge in [-0.25, -0.2) is 4.79 Å². The number of carbonyl (C=O) groups is 2. The molecule has 1 heterocycles. The molecule has 0 amide bonds. The Morgan fingerprint density at radius 2 is 1.78 bits per heavy atom. The van der Waals surface area contributed by atoms with Crippen molar-refractivity contribution in [2.45, 2.75) is 39.3 Å². The first-order valence-electron chi connectivity index (χ1n) is 8.81. The molecule has 1 atom stereocenters. The maximum absolute atomic E-state index is 12.7. The molecule has 0 saturated carbocycles. The number of esters is 2. The zero-order valence-corrected chi connectivity index (χ0v) is 15.9. The number of carbonyl (C=O) groups excluding carboxylic acids is 2. The topological polar surface area (TPSA) is 64.6 Å². The van der Waals surface area contributed by atoms with Crippen molar-refractivity contribution >= 4 is 23.2 Å². The first-order chi connectivity index (χ1) is 12.7. The summed E-state index contributed by atoms with van der Waals surface area (Å²) in [6.45, 7) is 7.48. The highest BCUT2D eigenvalue weighted by Crippen LogP contribution is 2.36. The van der Waals surface area contributed by atoms with E-state index in [2.05, 4.69) is 25.2 Å². The fourth-order valence-electron chi connectivity index (χ4n) is 3.24. The summed E-state index contributed by atoms with van der Waals surface area (Å²) in [5.41, 5.74) is 3.49. The van der Waals surface area contributed by atoms with Gasteiger partial charge in [0.25, 0.3) is 0 Å². The molecule has 2 aromatic carbocycles. The van der Waals surface area contributed by atoms with E-state index in [-0.39, 0.29) is 5.54 Å². The largest absolute Gasteiger partial charge is 0.446 e. The fraction of sp³-hybridized carbons (Fsp3) is 0.273. The molecular weight excluding hydrogens is 342 g/mol. The van der Waals surface area contributed by atoms with Crippen LogP contribution in [0.5, 0.6) is 5.75 Å². The van der Waals surface area contributed by atoms with E-state index in [1.54, 1.807) is 30.3 Å². The predicted molar refractivity (Wildman–Crippen MR) is 104 cm³/mol. The average molecular weight is 365 g/mol. The second-order valence-electron chi connectivity index (χ2n) is 7.20. The molecule has 0 unspecified atom stereocenters. The number of allylic oxidation sites excluding steroid dienone is 1. The van der Waals surface area contributed by atoms with Gasteiger partial charge in [0.1, 0.15) is 5.75 Å². The normalized spacial score (nSPS) is 15.6. The SMILES string of the molecule is CC(=O)O[C@@H](C(=O)Oc1ccc2c(c1)C(C)=CC(C)(C)N2)c1ccccc1. The van der Waals surface area contributed by atoms with Crippen LogP contribution in [0.25, 0.3) is 5.57 Å². The van der Waals surface area contributed by atoms with Crippen molar-refractivity contribution in [3.8, 4) is 5.75 Å². The summed E-state index contributed by atoms with van der Waals surface area (Å²) in [6.07, 6.45) is 1.03. The maximum atomic E-state index is 12.7. The third-order valence-electron chi connectivity index (χ3n) is 4.27. The van der Waals surface area contributed by atoms with Gasteiger partial charge in [0.05, 0.1) is 5.54 Å². The molecule has 0 aromatic heterocycles. The zero-order valence-electron chi connectivity index (χ0n) is 15.9. The van der Waals surface area contributed by atoms with Gasteiger partial charge in [-0.3, -0.25) is 4.79 Å². The molecule has 0 spiro atoms. The van der Waals surface area contributed by atoms with Gasteiger partial charge < -0.3 is 14.8 Å². The number of anilines is 1. The summed E-state index contributed by atoms with van der Waals surface area (Å²) in [7, 11) is 0. The third kappa shape index (κ3) is 4.37. The van der Waals surface area contributed by atoms with Gasteiger partial charge in [0, 0.05) is 23.7 Å². The molecule has 140 valence electrons. The van der Waals surface area contributed by atoms with Gasteiger partial charge in [0.2, 0.25) is 6.10 Å². The van der Waals surface area contributed by atoms with Crippen LogP contribution >= 0.6 is 0 Å². The number of ether oxygens (including phenoxy) is 2. The Morgan fingerprint density at radius 1 is 1.07 bits per heavy atom. The van der Waals surface area contributed by atoms with Crippen LogP contribution in [0, 0.1) is 0 Å². The smallest absolute Gasteiger partial charge is 0.357 e. The van der Waals surface area contributed by atoms with Gasteiger partial charge in [-0.05, 0) is 44.5 Å². The summed E-state index contributed by atoms with van der Waals surface area (Å²) in [5.74, 6) is -0.778. The van der Waals surface area contributed by atoms with Crippen molar-refractivity contribution in [2.75, 3.05) is 5.32 Å². The van der Waals surface area contributed by atoms with E-state index < -0.39 is 18.0 Å². The first-order valence-corrected chi connectivity index (χ1v) is 8.81. The number of fused-ring (bicyclic) bond motifs is 1.